The van der Waals surface area contributed by atoms with E-state index in [0.29, 0.717) is 0 Å². The van der Waals surface area contributed by atoms with Gasteiger partial charge in [-0.1, -0.05) is 23.2 Å². The molecule has 0 saturated carbocycles. The molecule has 1 aromatic carbocycles. The van der Waals surface area contributed by atoms with Crippen molar-refractivity contribution in [3.05, 3.63) is 27.5 Å². The molecule has 0 heterocycles. The molecule has 0 unspecified atom stereocenters. The maximum atomic E-state index is 12.9. The molecule has 0 saturated heterocycles. The van der Waals surface area contributed by atoms with E-state index < -0.39 is 39.6 Å². The van der Waals surface area contributed by atoms with Gasteiger partial charge in [-0.15, -0.1) is 13.2 Å². The third-order valence-corrected chi connectivity index (χ3v) is 2.20. The van der Waals surface area contributed by atoms with E-state index in [4.69, 9.17) is 23.2 Å². The van der Waals surface area contributed by atoms with Gasteiger partial charge >= 0.3 is 6.36 Å². The van der Waals surface area contributed by atoms with Crippen LogP contribution in [0.1, 0.15) is 0 Å². The molecule has 9 heteroatoms. The molecule has 0 atom stereocenters. The van der Waals surface area contributed by atoms with Crippen molar-refractivity contribution in [2.24, 2.45) is 0 Å². The highest BCUT2D eigenvalue weighted by Crippen LogP contribution is 2.40. The van der Waals surface area contributed by atoms with Crippen LogP contribution < -0.4 is 4.74 Å². The molecule has 1 aromatic rings. The molecule has 0 aromatic heterocycles. The molecule has 1 nitrogen and oxygen atoms in total. The molecule has 0 bridgehead atoms. The zero-order chi connectivity index (χ0) is 12.7. The molecule has 0 aliphatic carbocycles. The van der Waals surface area contributed by atoms with Crippen LogP contribution in [-0.2, 0) is 0 Å². The van der Waals surface area contributed by atoms with Crippen LogP contribution in [0.3, 0.4) is 0 Å². The lowest BCUT2D eigenvalue weighted by atomic mass is 10.3. The number of hydrogen-bond acceptors (Lipinski definition) is 1. The van der Waals surface area contributed by atoms with Gasteiger partial charge in [-0.25, -0.2) is 8.78 Å². The summed E-state index contributed by atoms with van der Waals surface area (Å²) >= 11 is 10.1. The Bertz CT molecular complexity index is 401. The van der Waals surface area contributed by atoms with Gasteiger partial charge < -0.3 is 4.74 Å². The average Bonchev–Trinajstić information content (AvgIpc) is 2.17. The summed E-state index contributed by atoms with van der Waals surface area (Å²) in [7, 11) is 0. The normalized spacial score (nSPS) is 11.8. The Balaban J connectivity index is 3.40. The molecule has 0 amide bonds. The molecular weight excluding hydrogens is 285 g/mol. The summed E-state index contributed by atoms with van der Waals surface area (Å²) in [5.74, 6) is -8.00. The van der Waals surface area contributed by atoms with E-state index in [9.17, 15) is 26.3 Å². The maximum Gasteiger partial charge on any atom is 0.573 e. The monoisotopic (exact) mass is 284 g/mol. The first-order valence-corrected chi connectivity index (χ1v) is 4.18. The third-order valence-electron chi connectivity index (χ3n) is 1.39. The zero-order valence-electron chi connectivity index (χ0n) is 6.93. The number of halogens is 8. The number of benzene rings is 1. The Hall–Kier alpha value is -0.820. The summed E-state index contributed by atoms with van der Waals surface area (Å²) in [6.45, 7) is 0. The lowest BCUT2D eigenvalue weighted by Gasteiger charge is -2.12. The highest BCUT2D eigenvalue weighted by molar-refractivity contribution is 6.43. The topological polar surface area (TPSA) is 9.23 Å². The van der Waals surface area contributed by atoms with Crippen LogP contribution in [0.2, 0.25) is 10.0 Å². The zero-order valence-corrected chi connectivity index (χ0v) is 8.44. The van der Waals surface area contributed by atoms with Gasteiger partial charge in [-0.05, 0) is 0 Å². The fraction of sp³-hybridized carbons (Fsp3) is 0.143. The van der Waals surface area contributed by atoms with Gasteiger partial charge in [0.2, 0.25) is 5.82 Å². The number of hydrogen-bond donors (Lipinski definition) is 0. The van der Waals surface area contributed by atoms with E-state index in [1.54, 1.807) is 0 Å². The fourth-order valence-corrected chi connectivity index (χ4v) is 1.16. The van der Waals surface area contributed by atoms with Crippen molar-refractivity contribution >= 4 is 23.2 Å². The lowest BCUT2D eigenvalue weighted by molar-refractivity contribution is -0.275. The van der Waals surface area contributed by atoms with Gasteiger partial charge in [0.05, 0.1) is 0 Å². The standard InChI is InChI=1S/C7Cl2F6O/c8-1-2(9)6(16-7(13,14)15)5(12)4(11)3(1)10. The summed E-state index contributed by atoms with van der Waals surface area (Å²) in [5, 5.41) is -2.39. The molecular formula is C7Cl2F6O. The summed E-state index contributed by atoms with van der Waals surface area (Å²) in [5.41, 5.74) is 0. The summed E-state index contributed by atoms with van der Waals surface area (Å²) in [6, 6.07) is 0. The quantitative estimate of drug-likeness (QED) is 0.424. The molecule has 0 radical (unpaired) electrons. The van der Waals surface area contributed by atoms with Crippen LogP contribution in [0.4, 0.5) is 26.3 Å². The maximum absolute atomic E-state index is 12.9. The first-order valence-electron chi connectivity index (χ1n) is 3.42. The minimum absolute atomic E-state index is 1.19. The second-order valence-electron chi connectivity index (χ2n) is 2.45. The highest BCUT2D eigenvalue weighted by atomic mass is 35.5. The van der Waals surface area contributed by atoms with Crippen LogP contribution in [0.15, 0.2) is 0 Å². The van der Waals surface area contributed by atoms with Gasteiger partial charge in [0, 0.05) is 0 Å². The Morgan fingerprint density at radius 3 is 1.75 bits per heavy atom. The highest BCUT2D eigenvalue weighted by Gasteiger charge is 2.36. The van der Waals surface area contributed by atoms with Gasteiger partial charge in [0.15, 0.2) is 17.4 Å². The third kappa shape index (κ3) is 2.46. The van der Waals surface area contributed by atoms with Gasteiger partial charge in [0.25, 0.3) is 0 Å². The van der Waals surface area contributed by atoms with Crippen LogP contribution >= 0.6 is 23.2 Å². The van der Waals surface area contributed by atoms with E-state index >= 15 is 0 Å². The van der Waals surface area contributed by atoms with Crippen molar-refractivity contribution in [2.75, 3.05) is 0 Å². The van der Waals surface area contributed by atoms with Crippen molar-refractivity contribution in [3.63, 3.8) is 0 Å². The Labute approximate surface area is 94.5 Å². The van der Waals surface area contributed by atoms with E-state index in [2.05, 4.69) is 4.74 Å². The number of rotatable bonds is 1. The largest absolute Gasteiger partial charge is 0.573 e. The molecule has 1 rings (SSSR count). The van der Waals surface area contributed by atoms with E-state index in [1.165, 1.54) is 0 Å². The number of ether oxygens (including phenoxy) is 1. The number of alkyl halides is 3. The van der Waals surface area contributed by atoms with Crippen LogP contribution in [0.25, 0.3) is 0 Å². The second kappa shape index (κ2) is 4.21. The van der Waals surface area contributed by atoms with Gasteiger partial charge in [-0.3, -0.25) is 0 Å². The Kier molecular flexibility index (Phi) is 3.49. The first-order chi connectivity index (χ1) is 7.15. The van der Waals surface area contributed by atoms with Crippen LogP contribution in [0, 0.1) is 17.5 Å². The van der Waals surface area contributed by atoms with Crippen LogP contribution in [-0.4, -0.2) is 6.36 Å². The SMILES string of the molecule is Fc1c(F)c(Cl)c(Cl)c(OC(F)(F)F)c1F. The molecule has 0 aliphatic heterocycles. The fourth-order valence-electron chi connectivity index (χ4n) is 0.790. The van der Waals surface area contributed by atoms with E-state index in [1.807, 2.05) is 0 Å². The molecule has 16 heavy (non-hydrogen) atoms. The van der Waals surface area contributed by atoms with Gasteiger partial charge in [-0.2, -0.15) is 4.39 Å². The van der Waals surface area contributed by atoms with Crippen LogP contribution in [0.5, 0.6) is 5.75 Å². The Morgan fingerprint density at radius 2 is 1.31 bits per heavy atom. The molecule has 0 aliphatic rings. The molecule has 0 spiro atoms. The minimum Gasteiger partial charge on any atom is -0.401 e. The van der Waals surface area contributed by atoms with E-state index in [-0.39, 0.29) is 0 Å². The predicted molar refractivity (Wildman–Crippen MR) is 43.0 cm³/mol. The first kappa shape index (κ1) is 13.2. The summed E-state index contributed by atoms with van der Waals surface area (Å²) < 4.78 is 76.6. The summed E-state index contributed by atoms with van der Waals surface area (Å²) in [4.78, 5) is 0. The lowest BCUT2D eigenvalue weighted by Crippen LogP contribution is -2.19. The molecule has 90 valence electrons. The Morgan fingerprint density at radius 1 is 0.812 bits per heavy atom. The smallest absolute Gasteiger partial charge is 0.401 e. The van der Waals surface area contributed by atoms with Crippen molar-refractivity contribution in [3.8, 4) is 5.75 Å². The van der Waals surface area contributed by atoms with Crippen molar-refractivity contribution in [2.45, 2.75) is 6.36 Å². The summed E-state index contributed by atoms with van der Waals surface area (Å²) in [6.07, 6.45) is -5.31. The average molecular weight is 285 g/mol. The predicted octanol–water partition coefficient (Wildman–Crippen LogP) is 4.31. The van der Waals surface area contributed by atoms with Crippen molar-refractivity contribution in [1.29, 1.82) is 0 Å². The second-order valence-corrected chi connectivity index (χ2v) is 3.20. The minimum atomic E-state index is -5.31. The van der Waals surface area contributed by atoms with E-state index in [0.717, 1.165) is 0 Å². The van der Waals surface area contributed by atoms with Crippen molar-refractivity contribution in [1.82, 2.24) is 0 Å². The van der Waals surface area contributed by atoms with Gasteiger partial charge in [0.1, 0.15) is 10.0 Å². The molecule has 0 fully saturated rings. The van der Waals surface area contributed by atoms with Crippen molar-refractivity contribution < 1.29 is 31.1 Å². The molecule has 0 N–H and O–H groups in total.